The smallest absolute Gasteiger partial charge is 0.177 e. The van der Waals surface area contributed by atoms with Crippen LogP contribution in [0.15, 0.2) is 18.2 Å². The van der Waals surface area contributed by atoms with Crippen LogP contribution in [0.3, 0.4) is 0 Å². The summed E-state index contributed by atoms with van der Waals surface area (Å²) in [4.78, 5) is 11.4. The summed E-state index contributed by atoms with van der Waals surface area (Å²) in [6.45, 7) is 0. The standard InChI is InChI=1S/C10H11O3S/c1-12-7-3-4-8(9(11)6-14)10(5-7)13-2/h3-5H,6H2,1-2H3. The number of Topliss-reactive ketones (excluding diaryl/α,β-unsaturated/α-hetero) is 1. The third-order valence-corrected chi connectivity index (χ3v) is 2.10. The van der Waals surface area contributed by atoms with Crippen molar-refractivity contribution in [2.75, 3.05) is 20.0 Å². The van der Waals surface area contributed by atoms with Crippen molar-refractivity contribution in [3.63, 3.8) is 0 Å². The highest BCUT2D eigenvalue weighted by Gasteiger charge is 2.11. The lowest BCUT2D eigenvalue weighted by Crippen LogP contribution is -2.03. The van der Waals surface area contributed by atoms with Crippen molar-refractivity contribution in [3.8, 4) is 11.5 Å². The maximum absolute atomic E-state index is 11.4. The van der Waals surface area contributed by atoms with Crippen molar-refractivity contribution in [1.29, 1.82) is 0 Å². The summed E-state index contributed by atoms with van der Waals surface area (Å²) in [5, 5.41) is 0. The Labute approximate surface area is 88.4 Å². The van der Waals surface area contributed by atoms with E-state index in [2.05, 4.69) is 12.6 Å². The lowest BCUT2D eigenvalue weighted by Gasteiger charge is -2.08. The number of hydrogen-bond donors (Lipinski definition) is 0. The summed E-state index contributed by atoms with van der Waals surface area (Å²) >= 11 is 4.69. The molecule has 0 aliphatic rings. The highest BCUT2D eigenvalue weighted by atomic mass is 32.1. The van der Waals surface area contributed by atoms with Gasteiger partial charge in [-0.1, -0.05) is 12.6 Å². The molecule has 14 heavy (non-hydrogen) atoms. The molecule has 0 amide bonds. The van der Waals surface area contributed by atoms with Gasteiger partial charge in [-0.2, -0.15) is 0 Å². The number of carbonyl (C=O) groups is 1. The molecule has 0 N–H and O–H groups in total. The summed E-state index contributed by atoms with van der Waals surface area (Å²) in [6.07, 6.45) is 0. The topological polar surface area (TPSA) is 35.5 Å². The second-order valence-electron chi connectivity index (χ2n) is 2.63. The fraction of sp³-hybridized carbons (Fsp3) is 0.300. The van der Waals surface area contributed by atoms with E-state index in [-0.39, 0.29) is 11.5 Å². The molecular formula is C10H11O3S. The molecule has 0 bridgehead atoms. The lowest BCUT2D eigenvalue weighted by atomic mass is 10.1. The third kappa shape index (κ3) is 2.20. The summed E-state index contributed by atoms with van der Waals surface area (Å²) in [5.41, 5.74) is 0.503. The maximum Gasteiger partial charge on any atom is 0.177 e. The maximum atomic E-state index is 11.4. The van der Waals surface area contributed by atoms with Crippen LogP contribution in [-0.2, 0) is 0 Å². The molecule has 0 aliphatic carbocycles. The van der Waals surface area contributed by atoms with E-state index in [1.807, 2.05) is 0 Å². The molecule has 0 saturated heterocycles. The highest BCUT2D eigenvalue weighted by Crippen LogP contribution is 2.24. The summed E-state index contributed by atoms with van der Waals surface area (Å²) in [6, 6.07) is 5.03. The average Bonchev–Trinajstić information content (AvgIpc) is 2.27. The number of rotatable bonds is 4. The Bertz CT molecular complexity index is 336. The van der Waals surface area contributed by atoms with E-state index in [9.17, 15) is 4.79 Å². The first-order valence-corrected chi connectivity index (χ1v) is 4.64. The highest BCUT2D eigenvalue weighted by molar-refractivity contribution is 7.81. The van der Waals surface area contributed by atoms with Gasteiger partial charge in [-0.15, -0.1) is 0 Å². The molecule has 0 heterocycles. The minimum absolute atomic E-state index is 0.0582. The van der Waals surface area contributed by atoms with Crippen LogP contribution >= 0.6 is 12.6 Å². The van der Waals surface area contributed by atoms with Crippen LogP contribution in [0.5, 0.6) is 11.5 Å². The van der Waals surface area contributed by atoms with Gasteiger partial charge in [0.2, 0.25) is 0 Å². The second kappa shape index (κ2) is 4.91. The summed E-state index contributed by atoms with van der Waals surface area (Å²) < 4.78 is 10.1. The molecule has 0 atom stereocenters. The number of hydrogen-bond acceptors (Lipinski definition) is 3. The van der Waals surface area contributed by atoms with Crippen LogP contribution < -0.4 is 9.47 Å². The van der Waals surface area contributed by atoms with E-state index < -0.39 is 0 Å². The van der Waals surface area contributed by atoms with Crippen molar-refractivity contribution < 1.29 is 14.3 Å². The van der Waals surface area contributed by atoms with Crippen LogP contribution in [-0.4, -0.2) is 25.8 Å². The number of carbonyl (C=O) groups excluding carboxylic acids is 1. The van der Waals surface area contributed by atoms with Crippen molar-refractivity contribution >= 4 is 18.4 Å². The molecular weight excluding hydrogens is 200 g/mol. The molecule has 0 spiro atoms. The zero-order valence-electron chi connectivity index (χ0n) is 8.07. The van der Waals surface area contributed by atoms with Crippen LogP contribution in [0.25, 0.3) is 0 Å². The van der Waals surface area contributed by atoms with Crippen molar-refractivity contribution in [2.45, 2.75) is 0 Å². The molecule has 0 fully saturated rings. The quantitative estimate of drug-likeness (QED) is 0.715. The fourth-order valence-corrected chi connectivity index (χ4v) is 1.26. The van der Waals surface area contributed by atoms with Crippen LogP contribution in [0.1, 0.15) is 10.4 Å². The zero-order chi connectivity index (χ0) is 10.6. The van der Waals surface area contributed by atoms with Gasteiger partial charge in [0.1, 0.15) is 11.5 Å². The second-order valence-corrected chi connectivity index (χ2v) is 2.92. The molecule has 1 rings (SSSR count). The molecule has 1 radical (unpaired) electrons. The van der Waals surface area contributed by atoms with E-state index in [4.69, 9.17) is 9.47 Å². The summed E-state index contributed by atoms with van der Waals surface area (Å²) in [5.74, 6) is 1.10. The zero-order valence-corrected chi connectivity index (χ0v) is 8.89. The van der Waals surface area contributed by atoms with Crippen molar-refractivity contribution in [3.05, 3.63) is 23.8 Å². The van der Waals surface area contributed by atoms with Gasteiger partial charge in [-0.05, 0) is 12.1 Å². The van der Waals surface area contributed by atoms with Gasteiger partial charge < -0.3 is 9.47 Å². The Balaban J connectivity index is 3.11. The molecule has 0 aliphatic heterocycles. The first-order chi connectivity index (χ1) is 6.72. The number of ketones is 1. The SMILES string of the molecule is COc1ccc(C(=O)C[S])c(OC)c1. The molecule has 0 aromatic heterocycles. The molecule has 3 nitrogen and oxygen atoms in total. The van der Waals surface area contributed by atoms with E-state index in [1.165, 1.54) is 7.11 Å². The summed E-state index contributed by atoms with van der Waals surface area (Å²) in [7, 11) is 3.07. The molecule has 0 saturated carbocycles. The Morgan fingerprint density at radius 1 is 1.36 bits per heavy atom. The Hall–Kier alpha value is -1.16. The van der Waals surface area contributed by atoms with Gasteiger partial charge in [0.15, 0.2) is 5.78 Å². The van der Waals surface area contributed by atoms with E-state index in [1.54, 1.807) is 25.3 Å². The van der Waals surface area contributed by atoms with E-state index in [0.29, 0.717) is 17.1 Å². The molecule has 4 heteroatoms. The van der Waals surface area contributed by atoms with Crippen LogP contribution in [0, 0.1) is 0 Å². The van der Waals surface area contributed by atoms with Gasteiger partial charge >= 0.3 is 0 Å². The average molecular weight is 211 g/mol. The van der Waals surface area contributed by atoms with E-state index in [0.717, 1.165) is 0 Å². The first kappa shape index (κ1) is 10.9. The van der Waals surface area contributed by atoms with Crippen LogP contribution in [0.2, 0.25) is 0 Å². The minimum atomic E-state index is -0.112. The minimum Gasteiger partial charge on any atom is -0.497 e. The molecule has 0 unspecified atom stereocenters. The Morgan fingerprint density at radius 2 is 2.07 bits per heavy atom. The van der Waals surface area contributed by atoms with Crippen molar-refractivity contribution in [1.82, 2.24) is 0 Å². The Morgan fingerprint density at radius 3 is 2.57 bits per heavy atom. The number of methoxy groups -OCH3 is 2. The van der Waals surface area contributed by atoms with Gasteiger partial charge in [0.25, 0.3) is 0 Å². The lowest BCUT2D eigenvalue weighted by molar-refractivity contribution is 0.102. The Kier molecular flexibility index (Phi) is 3.83. The predicted molar refractivity (Wildman–Crippen MR) is 56.3 cm³/mol. The normalized spacial score (nSPS) is 9.64. The molecule has 1 aromatic rings. The predicted octanol–water partition coefficient (Wildman–Crippen LogP) is 2.08. The van der Waals surface area contributed by atoms with Crippen LogP contribution in [0.4, 0.5) is 0 Å². The van der Waals surface area contributed by atoms with Gasteiger partial charge in [-0.3, -0.25) is 4.79 Å². The van der Waals surface area contributed by atoms with Gasteiger partial charge in [0.05, 0.1) is 25.5 Å². The third-order valence-electron chi connectivity index (χ3n) is 1.84. The first-order valence-electron chi connectivity index (χ1n) is 4.06. The van der Waals surface area contributed by atoms with Crippen molar-refractivity contribution in [2.24, 2.45) is 0 Å². The monoisotopic (exact) mass is 211 g/mol. The fourth-order valence-electron chi connectivity index (χ4n) is 1.11. The molecule has 75 valence electrons. The molecule has 1 aromatic carbocycles. The number of ether oxygens (including phenoxy) is 2. The van der Waals surface area contributed by atoms with Gasteiger partial charge in [0, 0.05) is 6.07 Å². The number of benzene rings is 1. The van der Waals surface area contributed by atoms with E-state index >= 15 is 0 Å². The largest absolute Gasteiger partial charge is 0.497 e. The van der Waals surface area contributed by atoms with Gasteiger partial charge in [-0.25, -0.2) is 0 Å².